The van der Waals surface area contributed by atoms with Gasteiger partial charge in [-0.05, 0) is 80.0 Å². The molecule has 0 saturated heterocycles. The van der Waals surface area contributed by atoms with Gasteiger partial charge in [-0.3, -0.25) is 28.3 Å². The van der Waals surface area contributed by atoms with Gasteiger partial charge in [0.25, 0.3) is 22.2 Å². The molecule has 0 unspecified atom stereocenters. The van der Waals surface area contributed by atoms with Crippen LogP contribution >= 0.6 is 0 Å². The molecule has 50 heavy (non-hydrogen) atoms. The molecule has 8 nitrogen and oxygen atoms in total. The Balaban J connectivity index is 1.51. The molecule has 0 atom stereocenters. The van der Waals surface area contributed by atoms with Crippen molar-refractivity contribution in [2.45, 2.75) is 131 Å². The first-order valence-corrected chi connectivity index (χ1v) is 17.5. The van der Waals surface area contributed by atoms with Crippen molar-refractivity contribution in [3.63, 3.8) is 0 Å². The van der Waals surface area contributed by atoms with Gasteiger partial charge in [0.2, 0.25) is 0 Å². The zero-order valence-electron chi connectivity index (χ0n) is 31.7. The maximum absolute atomic E-state index is 13.6. The van der Waals surface area contributed by atoms with E-state index in [0.717, 1.165) is 33.4 Å². The Morgan fingerprint density at radius 3 is 0.840 bits per heavy atom. The van der Waals surface area contributed by atoms with E-state index in [4.69, 9.17) is 0 Å². The molecule has 0 amide bonds. The lowest BCUT2D eigenvalue weighted by atomic mass is 9.78. The monoisotopic (exact) mass is 680 g/mol. The number of rotatable bonds is 6. The van der Waals surface area contributed by atoms with Crippen LogP contribution in [-0.4, -0.2) is 19.3 Å². The van der Waals surface area contributed by atoms with Gasteiger partial charge in [-0.2, -0.15) is 0 Å². The normalized spacial score (nSPS) is 13.2. The lowest BCUT2D eigenvalue weighted by Gasteiger charge is -2.28. The van der Waals surface area contributed by atoms with Gasteiger partial charge in [0.05, 0.1) is 21.5 Å². The third-order valence-electron chi connectivity index (χ3n) is 9.88. The summed E-state index contributed by atoms with van der Waals surface area (Å²) >= 11 is 0. The minimum Gasteiger partial charge on any atom is -0.507 e. The first-order chi connectivity index (χ1) is 22.8. The minimum absolute atomic E-state index is 0.114. The lowest BCUT2D eigenvalue weighted by molar-refractivity contribution is 0.421. The maximum atomic E-state index is 13.6. The topological polar surface area (TPSA) is 119 Å². The van der Waals surface area contributed by atoms with E-state index in [2.05, 4.69) is 0 Å². The van der Waals surface area contributed by atoms with Crippen LogP contribution in [0.1, 0.15) is 116 Å². The van der Waals surface area contributed by atoms with E-state index in [9.17, 15) is 29.4 Å². The lowest BCUT2D eigenvalue weighted by Crippen LogP contribution is -2.27. The molecule has 266 valence electrons. The van der Waals surface area contributed by atoms with Crippen molar-refractivity contribution >= 4 is 21.5 Å². The summed E-state index contributed by atoms with van der Waals surface area (Å²) in [6, 6.07) is 10.6. The molecule has 2 aromatic heterocycles. The first-order valence-electron chi connectivity index (χ1n) is 17.5. The van der Waals surface area contributed by atoms with Gasteiger partial charge in [-0.1, -0.05) is 107 Å². The van der Waals surface area contributed by atoms with Gasteiger partial charge < -0.3 is 10.2 Å². The van der Waals surface area contributed by atoms with Crippen molar-refractivity contribution in [3.05, 3.63) is 111 Å². The van der Waals surface area contributed by atoms with Crippen LogP contribution in [0.25, 0.3) is 21.5 Å². The number of nitrogens with zero attached hydrogens (tertiary/aromatic N) is 2. The second-order valence-electron chi connectivity index (χ2n) is 18.0. The number of fused-ring (bicyclic) bond motifs is 2. The van der Waals surface area contributed by atoms with Crippen LogP contribution in [0, 0.1) is 0 Å². The van der Waals surface area contributed by atoms with E-state index in [1.807, 2.05) is 107 Å². The van der Waals surface area contributed by atoms with Crippen LogP contribution in [-0.2, 0) is 47.6 Å². The largest absolute Gasteiger partial charge is 0.507 e. The molecule has 2 heterocycles. The Hall–Kier alpha value is -4.46. The van der Waals surface area contributed by atoms with E-state index >= 15 is 0 Å². The number of phenols is 2. The molecule has 0 aliphatic rings. The molecule has 3 aromatic carbocycles. The average Bonchev–Trinajstić information content (AvgIpc) is 3.35. The summed E-state index contributed by atoms with van der Waals surface area (Å²) in [4.78, 5) is 54.4. The zero-order chi connectivity index (χ0) is 37.5. The third kappa shape index (κ3) is 6.57. The first kappa shape index (κ1) is 36.8. The van der Waals surface area contributed by atoms with E-state index in [1.54, 1.807) is 0 Å². The number of benzene rings is 3. The van der Waals surface area contributed by atoms with Crippen LogP contribution in [0.2, 0.25) is 0 Å². The Kier molecular flexibility index (Phi) is 8.91. The number of aryl methyl sites for hydroxylation is 2. The average molecular weight is 681 g/mol. The molecule has 0 spiro atoms. The van der Waals surface area contributed by atoms with Gasteiger partial charge in [-0.25, -0.2) is 0 Å². The van der Waals surface area contributed by atoms with Gasteiger partial charge in [0.15, 0.2) is 0 Å². The second-order valence-corrected chi connectivity index (χ2v) is 18.0. The zero-order valence-corrected chi connectivity index (χ0v) is 31.7. The highest BCUT2D eigenvalue weighted by molar-refractivity contribution is 5.97. The molecule has 2 N–H and O–H groups in total. The van der Waals surface area contributed by atoms with E-state index in [-0.39, 0.29) is 67.8 Å². The van der Waals surface area contributed by atoms with Crippen molar-refractivity contribution in [3.8, 4) is 11.5 Å². The fraction of sp³-hybridized carbons (Fsp3) is 0.476. The highest BCUT2D eigenvalue weighted by atomic mass is 16.3. The smallest absolute Gasteiger partial charge is 0.261 e. The Morgan fingerprint density at radius 2 is 0.640 bits per heavy atom. The molecule has 0 aliphatic heterocycles. The van der Waals surface area contributed by atoms with Crippen molar-refractivity contribution in [2.75, 3.05) is 0 Å². The fourth-order valence-corrected chi connectivity index (χ4v) is 6.93. The molecular weight excluding hydrogens is 628 g/mol. The molecule has 0 radical (unpaired) electrons. The quantitative estimate of drug-likeness (QED) is 0.200. The summed E-state index contributed by atoms with van der Waals surface area (Å²) in [6.07, 6.45) is 0.767. The highest BCUT2D eigenvalue weighted by Gasteiger charge is 2.28. The molecule has 5 aromatic rings. The molecule has 0 aliphatic carbocycles. The van der Waals surface area contributed by atoms with Gasteiger partial charge in [0.1, 0.15) is 11.5 Å². The van der Waals surface area contributed by atoms with Gasteiger partial charge in [0, 0.05) is 13.1 Å². The summed E-state index contributed by atoms with van der Waals surface area (Å²) < 4.78 is 2.36. The molecule has 0 bridgehead atoms. The molecule has 0 fully saturated rings. The second kappa shape index (κ2) is 12.1. The van der Waals surface area contributed by atoms with Crippen LogP contribution in [0.5, 0.6) is 11.5 Å². The summed E-state index contributed by atoms with van der Waals surface area (Å²) in [5.41, 5.74) is 1.74. The van der Waals surface area contributed by atoms with E-state index in [1.165, 1.54) is 21.3 Å². The van der Waals surface area contributed by atoms with Crippen LogP contribution in [0.15, 0.2) is 55.6 Å². The standard InChI is InChI=1S/C42H52N2O6/c1-39(2,3)29-17-23(18-30(33(29)45)40(4,5)6)13-15-43-35(47)25-21-27-28(22-26(25)36(43)48)38(50)44(37(27)49)16-14-24-19-31(41(7,8)9)34(46)32(20-24)42(10,11)12/h17-22,45-46H,13-16H2,1-12H3. The van der Waals surface area contributed by atoms with Crippen molar-refractivity contribution < 1.29 is 10.2 Å². The van der Waals surface area contributed by atoms with Crippen molar-refractivity contribution in [1.82, 2.24) is 9.13 Å². The summed E-state index contributed by atoms with van der Waals surface area (Å²) in [6.45, 7) is 24.6. The number of phenolic OH excluding ortho intramolecular Hbond substituents is 2. The molecule has 0 saturated carbocycles. The van der Waals surface area contributed by atoms with Crippen LogP contribution in [0.3, 0.4) is 0 Å². The molecule has 5 rings (SSSR count). The number of hydrogen-bond donors (Lipinski definition) is 2. The Morgan fingerprint density at radius 1 is 0.420 bits per heavy atom. The number of aromatic hydroxyl groups is 2. The van der Waals surface area contributed by atoms with Gasteiger partial charge >= 0.3 is 0 Å². The van der Waals surface area contributed by atoms with Crippen LogP contribution < -0.4 is 22.2 Å². The predicted octanol–water partition coefficient (Wildman–Crippen LogP) is 7.00. The summed E-state index contributed by atoms with van der Waals surface area (Å²) in [7, 11) is 0. The Bertz CT molecular complexity index is 2040. The van der Waals surface area contributed by atoms with Crippen molar-refractivity contribution in [2.24, 2.45) is 0 Å². The minimum atomic E-state index is -0.495. The molecular formula is C42H52N2O6. The Labute approximate surface area is 293 Å². The fourth-order valence-electron chi connectivity index (χ4n) is 6.93. The highest BCUT2D eigenvalue weighted by Crippen LogP contribution is 2.41. The molecule has 8 heteroatoms. The summed E-state index contributed by atoms with van der Waals surface area (Å²) in [5.74, 6) is 0.527. The number of hydrogen-bond acceptors (Lipinski definition) is 6. The summed E-state index contributed by atoms with van der Waals surface area (Å²) in [5, 5.41) is 22.7. The SMILES string of the molecule is CC(C)(C)c1cc(CCn2c(=O)c3cc4c(=O)n(CCc5cc(C(C)(C)C)c(O)c(C(C)(C)C)c5)c(=O)c4cc3c2=O)cc(C(C)(C)C)c1O. The number of aromatic nitrogens is 2. The van der Waals surface area contributed by atoms with Crippen LogP contribution in [0.4, 0.5) is 0 Å². The maximum Gasteiger partial charge on any atom is 0.261 e. The van der Waals surface area contributed by atoms with Gasteiger partial charge in [-0.15, -0.1) is 0 Å². The van der Waals surface area contributed by atoms with Crippen molar-refractivity contribution in [1.29, 1.82) is 0 Å². The third-order valence-corrected chi connectivity index (χ3v) is 9.88. The van der Waals surface area contributed by atoms with E-state index in [0.29, 0.717) is 12.8 Å². The van der Waals surface area contributed by atoms with E-state index < -0.39 is 22.2 Å². The predicted molar refractivity (Wildman–Crippen MR) is 203 cm³/mol.